The summed E-state index contributed by atoms with van der Waals surface area (Å²) in [5.74, 6) is 1.29. The van der Waals surface area contributed by atoms with Crippen LogP contribution in [0.4, 0.5) is 5.69 Å². The van der Waals surface area contributed by atoms with E-state index < -0.39 is 4.92 Å². The minimum atomic E-state index is -0.471. The van der Waals surface area contributed by atoms with E-state index >= 15 is 0 Å². The average molecular weight is 296 g/mol. The molecule has 0 bridgehead atoms. The lowest BCUT2D eigenvalue weighted by Crippen LogP contribution is -2.02. The smallest absolute Gasteiger partial charge is 0.307 e. The predicted molar refractivity (Wildman–Crippen MR) is 78.7 cm³/mol. The molecule has 110 valence electrons. The molecule has 2 heterocycles. The molecule has 0 aliphatic heterocycles. The molecule has 7 heteroatoms. The quantitative estimate of drug-likeness (QED) is 0.534. The number of hydrogen-bond acceptors (Lipinski definition) is 5. The highest BCUT2D eigenvalue weighted by Gasteiger charge is 2.11. The van der Waals surface area contributed by atoms with Crippen molar-refractivity contribution in [2.24, 2.45) is 0 Å². The third kappa shape index (κ3) is 3.09. The van der Waals surface area contributed by atoms with Gasteiger partial charge in [0, 0.05) is 11.8 Å². The van der Waals surface area contributed by atoms with Crippen LogP contribution in [0.15, 0.2) is 61.2 Å². The Balaban J connectivity index is 1.83. The molecule has 0 N–H and O–H groups in total. The van der Waals surface area contributed by atoms with Crippen molar-refractivity contribution in [2.45, 2.75) is 6.54 Å². The summed E-state index contributed by atoms with van der Waals surface area (Å²) in [4.78, 5) is 14.2. The third-order valence-electron chi connectivity index (χ3n) is 3.00. The molecule has 0 unspecified atom stereocenters. The molecular formula is C15H12N4O3. The van der Waals surface area contributed by atoms with Crippen molar-refractivity contribution in [2.75, 3.05) is 0 Å². The second-order valence-corrected chi connectivity index (χ2v) is 4.55. The Morgan fingerprint density at radius 3 is 2.77 bits per heavy atom. The van der Waals surface area contributed by atoms with E-state index in [4.69, 9.17) is 4.74 Å². The van der Waals surface area contributed by atoms with Crippen molar-refractivity contribution in [3.63, 3.8) is 0 Å². The van der Waals surface area contributed by atoms with Gasteiger partial charge < -0.3 is 4.74 Å². The van der Waals surface area contributed by atoms with Crippen molar-refractivity contribution in [1.82, 2.24) is 14.8 Å². The number of ether oxygens (including phenoxy) is 1. The van der Waals surface area contributed by atoms with Crippen LogP contribution in [0.5, 0.6) is 11.5 Å². The molecule has 0 spiro atoms. The number of rotatable bonds is 5. The van der Waals surface area contributed by atoms with Gasteiger partial charge in [0.15, 0.2) is 0 Å². The van der Waals surface area contributed by atoms with Gasteiger partial charge in [-0.1, -0.05) is 18.2 Å². The Kier molecular flexibility index (Phi) is 3.78. The number of nitro groups is 1. The van der Waals surface area contributed by atoms with Crippen LogP contribution in [0.2, 0.25) is 0 Å². The zero-order chi connectivity index (χ0) is 15.4. The Bertz CT molecular complexity index is 786. The van der Waals surface area contributed by atoms with Gasteiger partial charge in [0.05, 0.1) is 17.7 Å². The SMILES string of the molecule is O=[N+]([O-])c1cnn(Cc2ccccc2Oc2cccnc2)c1. The molecule has 0 saturated carbocycles. The Morgan fingerprint density at radius 2 is 2.05 bits per heavy atom. The lowest BCUT2D eigenvalue weighted by molar-refractivity contribution is -0.385. The monoisotopic (exact) mass is 296 g/mol. The van der Waals surface area contributed by atoms with E-state index in [1.807, 2.05) is 30.3 Å². The number of para-hydroxylation sites is 1. The molecule has 0 aliphatic rings. The van der Waals surface area contributed by atoms with E-state index in [9.17, 15) is 10.1 Å². The van der Waals surface area contributed by atoms with Crippen molar-refractivity contribution >= 4 is 5.69 Å². The summed E-state index contributed by atoms with van der Waals surface area (Å²) in [6.45, 7) is 0.379. The maximum atomic E-state index is 10.7. The first-order chi connectivity index (χ1) is 10.7. The predicted octanol–water partition coefficient (Wildman–Crippen LogP) is 3.03. The molecule has 1 aromatic carbocycles. The van der Waals surface area contributed by atoms with Crippen molar-refractivity contribution in [3.05, 3.63) is 76.9 Å². The lowest BCUT2D eigenvalue weighted by atomic mass is 10.2. The normalized spacial score (nSPS) is 10.4. The van der Waals surface area contributed by atoms with Gasteiger partial charge in [0.1, 0.15) is 23.9 Å². The highest BCUT2D eigenvalue weighted by molar-refractivity contribution is 5.37. The summed E-state index contributed by atoms with van der Waals surface area (Å²) in [6.07, 6.45) is 5.91. The zero-order valence-electron chi connectivity index (χ0n) is 11.5. The van der Waals surface area contributed by atoms with Gasteiger partial charge >= 0.3 is 5.69 Å². The standard InChI is InChI=1S/C15H12N4O3/c20-19(21)13-8-17-18(11-13)10-12-4-1-2-6-15(12)22-14-5-3-7-16-9-14/h1-9,11H,10H2. The average Bonchev–Trinajstić information content (AvgIpc) is 2.99. The van der Waals surface area contributed by atoms with Crippen LogP contribution < -0.4 is 4.74 Å². The molecule has 2 aromatic heterocycles. The fourth-order valence-corrected chi connectivity index (χ4v) is 1.98. The summed E-state index contributed by atoms with van der Waals surface area (Å²) in [7, 11) is 0. The van der Waals surface area contributed by atoms with Gasteiger partial charge in [0.25, 0.3) is 0 Å². The van der Waals surface area contributed by atoms with Gasteiger partial charge in [-0.3, -0.25) is 19.8 Å². The molecule has 3 rings (SSSR count). The summed E-state index contributed by atoms with van der Waals surface area (Å²) in [5, 5.41) is 14.7. The van der Waals surface area contributed by atoms with Gasteiger partial charge in [-0.2, -0.15) is 5.10 Å². The third-order valence-corrected chi connectivity index (χ3v) is 3.00. The highest BCUT2D eigenvalue weighted by Crippen LogP contribution is 2.25. The lowest BCUT2D eigenvalue weighted by Gasteiger charge is -2.10. The molecule has 3 aromatic rings. The molecule has 0 amide bonds. The molecule has 7 nitrogen and oxygen atoms in total. The second kappa shape index (κ2) is 6.04. The first-order valence-corrected chi connectivity index (χ1v) is 6.55. The molecule has 0 saturated heterocycles. The largest absolute Gasteiger partial charge is 0.455 e. The van der Waals surface area contributed by atoms with Crippen molar-refractivity contribution in [3.8, 4) is 11.5 Å². The summed E-state index contributed by atoms with van der Waals surface area (Å²) in [5.41, 5.74) is 0.829. The molecule has 0 atom stereocenters. The Morgan fingerprint density at radius 1 is 1.18 bits per heavy atom. The van der Waals surface area contributed by atoms with Crippen LogP contribution in [0.25, 0.3) is 0 Å². The van der Waals surface area contributed by atoms with Crippen LogP contribution >= 0.6 is 0 Å². The van der Waals surface area contributed by atoms with E-state index in [-0.39, 0.29) is 5.69 Å². The van der Waals surface area contributed by atoms with Gasteiger partial charge in [-0.25, -0.2) is 0 Å². The molecule has 0 radical (unpaired) electrons. The van der Waals surface area contributed by atoms with Crippen molar-refractivity contribution in [1.29, 1.82) is 0 Å². The minimum absolute atomic E-state index is 0.0364. The van der Waals surface area contributed by atoms with Gasteiger partial charge in [-0.15, -0.1) is 0 Å². The number of nitrogens with zero attached hydrogens (tertiary/aromatic N) is 4. The Hall–Kier alpha value is -3.22. The first-order valence-electron chi connectivity index (χ1n) is 6.55. The van der Waals surface area contributed by atoms with Crippen LogP contribution in [0, 0.1) is 10.1 Å². The van der Waals surface area contributed by atoms with E-state index in [1.54, 1.807) is 18.5 Å². The fourth-order valence-electron chi connectivity index (χ4n) is 1.98. The van der Waals surface area contributed by atoms with E-state index in [0.717, 1.165) is 5.56 Å². The maximum Gasteiger partial charge on any atom is 0.307 e. The van der Waals surface area contributed by atoms with Gasteiger partial charge in [0.2, 0.25) is 0 Å². The summed E-state index contributed by atoms with van der Waals surface area (Å²) >= 11 is 0. The van der Waals surface area contributed by atoms with E-state index in [1.165, 1.54) is 17.1 Å². The number of benzene rings is 1. The fraction of sp³-hybridized carbons (Fsp3) is 0.0667. The van der Waals surface area contributed by atoms with Crippen LogP contribution in [-0.4, -0.2) is 19.7 Å². The van der Waals surface area contributed by atoms with Crippen molar-refractivity contribution < 1.29 is 9.66 Å². The molecule has 0 fully saturated rings. The van der Waals surface area contributed by atoms with Crippen LogP contribution in [-0.2, 0) is 6.54 Å². The zero-order valence-corrected chi connectivity index (χ0v) is 11.5. The highest BCUT2D eigenvalue weighted by atomic mass is 16.6. The second-order valence-electron chi connectivity index (χ2n) is 4.55. The molecular weight excluding hydrogens is 284 g/mol. The number of hydrogen-bond donors (Lipinski definition) is 0. The van der Waals surface area contributed by atoms with E-state index in [0.29, 0.717) is 18.0 Å². The first kappa shape index (κ1) is 13.7. The molecule has 0 aliphatic carbocycles. The van der Waals surface area contributed by atoms with E-state index in [2.05, 4.69) is 10.1 Å². The minimum Gasteiger partial charge on any atom is -0.455 e. The summed E-state index contributed by atoms with van der Waals surface area (Å²) in [6, 6.07) is 11.1. The Labute approximate surface area is 126 Å². The van der Waals surface area contributed by atoms with Crippen LogP contribution in [0.1, 0.15) is 5.56 Å². The number of aromatic nitrogens is 3. The molecule has 22 heavy (non-hydrogen) atoms. The maximum absolute atomic E-state index is 10.7. The topological polar surface area (TPSA) is 83.1 Å². The van der Waals surface area contributed by atoms with Gasteiger partial charge in [-0.05, 0) is 18.2 Å². The number of pyridine rings is 1. The van der Waals surface area contributed by atoms with Crippen LogP contribution in [0.3, 0.4) is 0 Å². The summed E-state index contributed by atoms with van der Waals surface area (Å²) < 4.78 is 7.30.